The normalized spacial score (nSPS) is 15.4. The molecule has 13 heteroatoms. The molecule has 6 nitrogen and oxygen atoms in total. The van der Waals surface area contributed by atoms with E-state index in [0.717, 1.165) is 18.2 Å². The molecule has 34 heavy (non-hydrogen) atoms. The molecule has 5 rings (SSSR count). The van der Waals surface area contributed by atoms with Gasteiger partial charge in [0.1, 0.15) is 16.3 Å². The molecular weight excluding hydrogens is 482 g/mol. The molecule has 4 heterocycles. The third kappa shape index (κ3) is 4.15. The molecule has 0 bridgehead atoms. The first-order valence-corrected chi connectivity index (χ1v) is 11.0. The minimum atomic E-state index is -4.55. The summed E-state index contributed by atoms with van der Waals surface area (Å²) in [6.45, 7) is 1.10. The lowest BCUT2D eigenvalue weighted by Crippen LogP contribution is -2.47. The van der Waals surface area contributed by atoms with Gasteiger partial charge in [0.15, 0.2) is 0 Å². The molecule has 0 amide bonds. The maximum Gasteiger partial charge on any atom is 0.419 e. The number of H-pyrrole nitrogens is 1. The molecule has 0 unspecified atom stereocenters. The highest BCUT2D eigenvalue weighted by molar-refractivity contribution is 7.13. The van der Waals surface area contributed by atoms with Crippen LogP contribution >= 0.6 is 11.3 Å². The number of rotatable bonds is 3. The van der Waals surface area contributed by atoms with Crippen LogP contribution in [0.2, 0.25) is 0 Å². The maximum absolute atomic E-state index is 13.5. The number of hydrogen-bond acceptors (Lipinski definition) is 6. The van der Waals surface area contributed by atoms with Gasteiger partial charge in [-0.2, -0.15) is 26.3 Å². The molecule has 1 aliphatic rings. The van der Waals surface area contributed by atoms with Crippen molar-refractivity contribution in [2.75, 3.05) is 36.0 Å². The third-order valence-corrected chi connectivity index (χ3v) is 6.34. The van der Waals surface area contributed by atoms with Gasteiger partial charge in [0, 0.05) is 49.5 Å². The molecular formula is C21H16F6N6S. The average Bonchev–Trinajstić information content (AvgIpc) is 3.47. The molecule has 3 aromatic heterocycles. The topological polar surface area (TPSA) is 60.9 Å². The fourth-order valence-electron chi connectivity index (χ4n) is 3.94. The van der Waals surface area contributed by atoms with Crippen LogP contribution in [0.4, 0.5) is 38.1 Å². The predicted octanol–water partition coefficient (Wildman–Crippen LogP) is 5.45. The number of aromatic amines is 1. The van der Waals surface area contributed by atoms with Gasteiger partial charge in [0.25, 0.3) is 0 Å². The summed E-state index contributed by atoms with van der Waals surface area (Å²) in [6, 6.07) is 4.27. The summed E-state index contributed by atoms with van der Waals surface area (Å²) in [6.07, 6.45) is -6.25. The number of imidazole rings is 1. The fourth-order valence-corrected chi connectivity index (χ4v) is 4.59. The number of benzene rings is 1. The van der Waals surface area contributed by atoms with Crippen LogP contribution in [0.1, 0.15) is 11.1 Å². The Morgan fingerprint density at radius 1 is 0.882 bits per heavy atom. The number of halogens is 6. The SMILES string of the molecule is FC(F)(F)c1cc(-c2nccs2)c2nc(N3CCN(c4ncccc4C(F)(F)F)CC3)[nH]c2c1. The van der Waals surface area contributed by atoms with E-state index in [-0.39, 0.29) is 30.0 Å². The highest BCUT2D eigenvalue weighted by Crippen LogP contribution is 2.38. The smallest absolute Gasteiger partial charge is 0.353 e. The Labute approximate surface area is 192 Å². The van der Waals surface area contributed by atoms with E-state index in [1.807, 2.05) is 0 Å². The summed E-state index contributed by atoms with van der Waals surface area (Å²) in [5, 5.41) is 2.08. The number of piperazine rings is 1. The lowest BCUT2D eigenvalue weighted by molar-refractivity contribution is -0.138. The quantitative estimate of drug-likeness (QED) is 0.381. The lowest BCUT2D eigenvalue weighted by Gasteiger charge is -2.36. The van der Waals surface area contributed by atoms with Crippen molar-refractivity contribution < 1.29 is 26.3 Å². The molecule has 0 aliphatic carbocycles. The minimum absolute atomic E-state index is 0.139. The Morgan fingerprint density at radius 3 is 2.26 bits per heavy atom. The van der Waals surface area contributed by atoms with Gasteiger partial charge in [0.2, 0.25) is 5.95 Å². The second-order valence-corrected chi connectivity index (χ2v) is 8.56. The van der Waals surface area contributed by atoms with E-state index in [2.05, 4.69) is 19.9 Å². The van der Waals surface area contributed by atoms with E-state index < -0.39 is 23.5 Å². The van der Waals surface area contributed by atoms with Crippen molar-refractivity contribution in [3.63, 3.8) is 0 Å². The summed E-state index contributed by atoms with van der Waals surface area (Å²) in [5.74, 6) is 0.212. The second kappa shape index (κ2) is 8.15. The molecule has 1 fully saturated rings. The molecule has 1 aromatic carbocycles. The van der Waals surface area contributed by atoms with Gasteiger partial charge in [-0.3, -0.25) is 0 Å². The summed E-state index contributed by atoms with van der Waals surface area (Å²) in [4.78, 5) is 18.9. The minimum Gasteiger partial charge on any atom is -0.353 e. The molecule has 178 valence electrons. The molecule has 0 atom stereocenters. The number of anilines is 2. The van der Waals surface area contributed by atoms with Crippen molar-refractivity contribution in [1.29, 1.82) is 0 Å². The first kappa shape index (κ1) is 22.4. The van der Waals surface area contributed by atoms with Crippen molar-refractivity contribution in [2.24, 2.45) is 0 Å². The number of alkyl halides is 6. The van der Waals surface area contributed by atoms with Gasteiger partial charge < -0.3 is 14.8 Å². The van der Waals surface area contributed by atoms with Crippen LogP contribution in [0.5, 0.6) is 0 Å². The summed E-state index contributed by atoms with van der Waals surface area (Å²) in [7, 11) is 0. The van der Waals surface area contributed by atoms with E-state index in [1.54, 1.807) is 15.2 Å². The Morgan fingerprint density at radius 2 is 1.62 bits per heavy atom. The van der Waals surface area contributed by atoms with Crippen LogP contribution in [0.25, 0.3) is 21.6 Å². The molecule has 0 radical (unpaired) electrons. The zero-order valence-electron chi connectivity index (χ0n) is 17.3. The Balaban J connectivity index is 1.44. The fraction of sp³-hybridized carbons (Fsp3) is 0.286. The van der Waals surface area contributed by atoms with Crippen molar-refractivity contribution >= 4 is 34.1 Å². The van der Waals surface area contributed by atoms with Crippen LogP contribution in [0.15, 0.2) is 42.0 Å². The number of aromatic nitrogens is 4. The number of nitrogens with zero attached hydrogens (tertiary/aromatic N) is 5. The van der Waals surface area contributed by atoms with E-state index in [9.17, 15) is 26.3 Å². The number of fused-ring (bicyclic) bond motifs is 1. The van der Waals surface area contributed by atoms with Gasteiger partial charge in [-0.05, 0) is 24.3 Å². The van der Waals surface area contributed by atoms with Gasteiger partial charge in [-0.1, -0.05) is 0 Å². The molecule has 0 spiro atoms. The summed E-state index contributed by atoms with van der Waals surface area (Å²) < 4.78 is 80.5. The molecule has 4 aromatic rings. The van der Waals surface area contributed by atoms with Crippen molar-refractivity contribution in [3.05, 3.63) is 53.2 Å². The Kier molecular flexibility index (Phi) is 5.38. The van der Waals surface area contributed by atoms with Crippen molar-refractivity contribution in [2.45, 2.75) is 12.4 Å². The summed E-state index contributed by atoms with van der Waals surface area (Å²) in [5.41, 5.74) is -0.796. The van der Waals surface area contributed by atoms with E-state index in [1.165, 1.54) is 29.8 Å². The number of thiazole rings is 1. The zero-order valence-corrected chi connectivity index (χ0v) is 18.1. The van der Waals surface area contributed by atoms with E-state index in [0.29, 0.717) is 29.6 Å². The second-order valence-electron chi connectivity index (χ2n) is 7.66. The summed E-state index contributed by atoms with van der Waals surface area (Å²) >= 11 is 1.20. The molecule has 1 saturated heterocycles. The van der Waals surface area contributed by atoms with Crippen molar-refractivity contribution in [3.8, 4) is 10.6 Å². The zero-order chi connectivity index (χ0) is 24.1. The predicted molar refractivity (Wildman–Crippen MR) is 116 cm³/mol. The van der Waals surface area contributed by atoms with E-state index >= 15 is 0 Å². The van der Waals surface area contributed by atoms with Crippen LogP contribution in [0.3, 0.4) is 0 Å². The third-order valence-electron chi connectivity index (χ3n) is 5.53. The molecule has 1 N–H and O–H groups in total. The number of pyridine rings is 1. The van der Waals surface area contributed by atoms with E-state index in [4.69, 9.17) is 0 Å². The number of nitrogens with one attached hydrogen (secondary N) is 1. The maximum atomic E-state index is 13.5. The highest BCUT2D eigenvalue weighted by atomic mass is 32.1. The highest BCUT2D eigenvalue weighted by Gasteiger charge is 2.37. The van der Waals surface area contributed by atoms with Gasteiger partial charge >= 0.3 is 12.4 Å². The standard InChI is InChI=1S/C21H16F6N6S/c22-20(23,24)12-10-13(18-29-4-9-34-18)16-15(11-12)30-19(31-16)33-7-5-32(6-8-33)17-14(21(25,26)27)2-1-3-28-17/h1-4,9-11H,5-8H2,(H,30,31). The first-order chi connectivity index (χ1) is 16.1. The van der Waals surface area contributed by atoms with Crippen LogP contribution in [-0.2, 0) is 12.4 Å². The monoisotopic (exact) mass is 498 g/mol. The van der Waals surface area contributed by atoms with Crippen LogP contribution in [0, 0.1) is 0 Å². The first-order valence-electron chi connectivity index (χ1n) is 10.1. The van der Waals surface area contributed by atoms with Gasteiger partial charge in [-0.25, -0.2) is 15.0 Å². The Bertz CT molecular complexity index is 1310. The lowest BCUT2D eigenvalue weighted by atomic mass is 10.1. The van der Waals surface area contributed by atoms with Crippen LogP contribution < -0.4 is 9.80 Å². The van der Waals surface area contributed by atoms with Gasteiger partial charge in [0.05, 0.1) is 16.6 Å². The molecule has 1 aliphatic heterocycles. The molecule has 0 saturated carbocycles. The Hall–Kier alpha value is -3.35. The number of hydrogen-bond donors (Lipinski definition) is 1. The average molecular weight is 498 g/mol. The van der Waals surface area contributed by atoms with Crippen molar-refractivity contribution in [1.82, 2.24) is 19.9 Å². The van der Waals surface area contributed by atoms with Gasteiger partial charge in [-0.15, -0.1) is 11.3 Å². The van der Waals surface area contributed by atoms with Crippen LogP contribution in [-0.4, -0.2) is 46.1 Å². The largest absolute Gasteiger partial charge is 0.419 e.